The molecule has 0 spiro atoms. The summed E-state index contributed by atoms with van der Waals surface area (Å²) in [6.07, 6.45) is 1.66. The van der Waals surface area contributed by atoms with E-state index in [-0.39, 0.29) is 5.63 Å². The van der Waals surface area contributed by atoms with Crippen LogP contribution in [0.4, 0.5) is 0 Å². The molecule has 7 heteroatoms. The van der Waals surface area contributed by atoms with E-state index in [9.17, 15) is 4.79 Å². The van der Waals surface area contributed by atoms with E-state index in [0.717, 1.165) is 38.8 Å². The molecule has 3 aromatic heterocycles. The molecule has 0 radical (unpaired) electrons. The first-order valence-electron chi connectivity index (χ1n) is 9.84. The van der Waals surface area contributed by atoms with Gasteiger partial charge in [-0.1, -0.05) is 54.2 Å². The van der Waals surface area contributed by atoms with E-state index in [2.05, 4.69) is 10.2 Å². The van der Waals surface area contributed by atoms with E-state index >= 15 is 0 Å². The van der Waals surface area contributed by atoms with Gasteiger partial charge < -0.3 is 8.83 Å². The molecule has 0 fully saturated rings. The Morgan fingerprint density at radius 1 is 1.00 bits per heavy atom. The Bertz CT molecular complexity index is 1390. The monoisotopic (exact) mass is 429 g/mol. The summed E-state index contributed by atoms with van der Waals surface area (Å²) < 4.78 is 13.0. The number of aromatic nitrogens is 3. The number of thioether (sulfide) groups is 1. The number of hydrogen-bond donors (Lipinski definition) is 0. The zero-order valence-corrected chi connectivity index (χ0v) is 17.6. The van der Waals surface area contributed by atoms with Crippen LogP contribution in [0, 0.1) is 6.92 Å². The minimum absolute atomic E-state index is 0.351. The summed E-state index contributed by atoms with van der Waals surface area (Å²) in [7, 11) is 0. The second kappa shape index (κ2) is 8.28. The van der Waals surface area contributed by atoms with Crippen molar-refractivity contribution in [3.63, 3.8) is 0 Å². The van der Waals surface area contributed by atoms with Gasteiger partial charge in [0.05, 0.1) is 12.8 Å². The number of benzene rings is 2. The number of furan rings is 1. The van der Waals surface area contributed by atoms with Gasteiger partial charge in [0.25, 0.3) is 0 Å². The summed E-state index contributed by atoms with van der Waals surface area (Å²) in [6, 6.07) is 21.2. The van der Waals surface area contributed by atoms with Gasteiger partial charge in [-0.3, -0.25) is 4.57 Å². The van der Waals surface area contributed by atoms with Crippen molar-refractivity contribution in [3.05, 3.63) is 100 Å². The van der Waals surface area contributed by atoms with Crippen LogP contribution in [0.2, 0.25) is 0 Å². The number of nitrogens with zero attached hydrogens (tertiary/aromatic N) is 3. The van der Waals surface area contributed by atoms with Crippen LogP contribution >= 0.6 is 11.8 Å². The second-order valence-electron chi connectivity index (χ2n) is 7.22. The van der Waals surface area contributed by atoms with Crippen LogP contribution in [0.25, 0.3) is 22.4 Å². The molecular formula is C24H19N3O3S. The van der Waals surface area contributed by atoms with E-state index in [1.807, 2.05) is 72.2 Å². The second-order valence-corrected chi connectivity index (χ2v) is 8.16. The van der Waals surface area contributed by atoms with Gasteiger partial charge in [-0.2, -0.15) is 0 Å². The topological polar surface area (TPSA) is 74.1 Å². The fourth-order valence-electron chi connectivity index (χ4n) is 3.50. The molecule has 0 atom stereocenters. The van der Waals surface area contributed by atoms with Gasteiger partial charge in [-0.15, -0.1) is 10.2 Å². The Hall–Kier alpha value is -3.58. The van der Waals surface area contributed by atoms with Crippen LogP contribution in [-0.2, 0) is 12.3 Å². The van der Waals surface area contributed by atoms with E-state index in [1.54, 1.807) is 12.3 Å². The van der Waals surface area contributed by atoms with Gasteiger partial charge in [0.15, 0.2) is 11.0 Å². The first kappa shape index (κ1) is 19.4. The van der Waals surface area contributed by atoms with Crippen molar-refractivity contribution in [1.29, 1.82) is 0 Å². The SMILES string of the molecule is Cc1ccc2c(CSc3nnc(-c4ccccc4)n3Cc3ccco3)cc(=O)oc2c1. The molecule has 31 heavy (non-hydrogen) atoms. The van der Waals surface area contributed by atoms with E-state index in [4.69, 9.17) is 8.83 Å². The summed E-state index contributed by atoms with van der Waals surface area (Å²) in [5, 5.41) is 10.6. The first-order chi connectivity index (χ1) is 15.2. The molecule has 0 aliphatic carbocycles. The summed E-state index contributed by atoms with van der Waals surface area (Å²) in [6.45, 7) is 2.49. The number of aryl methyl sites for hydroxylation is 1. The highest BCUT2D eigenvalue weighted by Crippen LogP contribution is 2.29. The van der Waals surface area contributed by atoms with Gasteiger partial charge in [-0.05, 0) is 36.2 Å². The molecule has 5 rings (SSSR count). The molecule has 0 saturated heterocycles. The highest BCUT2D eigenvalue weighted by atomic mass is 32.2. The predicted octanol–water partition coefficient (Wildman–Crippen LogP) is 5.29. The molecule has 0 aliphatic heterocycles. The summed E-state index contributed by atoms with van der Waals surface area (Å²) in [5.41, 5.74) is 3.19. The average Bonchev–Trinajstić information content (AvgIpc) is 3.42. The van der Waals surface area contributed by atoms with Gasteiger partial charge in [0.2, 0.25) is 0 Å². The Balaban J connectivity index is 1.50. The fraction of sp³-hybridized carbons (Fsp3) is 0.125. The third-order valence-electron chi connectivity index (χ3n) is 4.99. The van der Waals surface area contributed by atoms with Gasteiger partial charge in [-0.25, -0.2) is 4.79 Å². The van der Waals surface area contributed by atoms with Crippen molar-refractivity contribution in [2.75, 3.05) is 0 Å². The molecule has 154 valence electrons. The lowest BCUT2D eigenvalue weighted by Crippen LogP contribution is -2.04. The highest BCUT2D eigenvalue weighted by molar-refractivity contribution is 7.98. The zero-order chi connectivity index (χ0) is 21.2. The maximum absolute atomic E-state index is 12.1. The number of rotatable bonds is 6. The Morgan fingerprint density at radius 3 is 2.68 bits per heavy atom. The molecule has 0 amide bonds. The maximum Gasteiger partial charge on any atom is 0.336 e. The normalized spacial score (nSPS) is 11.3. The summed E-state index contributed by atoms with van der Waals surface area (Å²) in [4.78, 5) is 12.1. The predicted molar refractivity (Wildman–Crippen MR) is 120 cm³/mol. The lowest BCUT2D eigenvalue weighted by molar-refractivity contribution is 0.485. The maximum atomic E-state index is 12.1. The lowest BCUT2D eigenvalue weighted by Gasteiger charge is -2.10. The standard InChI is InChI=1S/C24H19N3O3S/c1-16-9-10-20-18(13-22(28)30-21(20)12-16)15-31-24-26-25-23(17-6-3-2-4-7-17)27(24)14-19-8-5-11-29-19/h2-13H,14-15H2,1H3. The van der Waals surface area contributed by atoms with Crippen LogP contribution in [-0.4, -0.2) is 14.8 Å². The molecule has 6 nitrogen and oxygen atoms in total. The van der Waals surface area contributed by atoms with Crippen molar-refractivity contribution in [2.24, 2.45) is 0 Å². The Labute approximate surface area is 182 Å². The molecule has 0 bridgehead atoms. The molecule has 0 unspecified atom stereocenters. The fourth-order valence-corrected chi connectivity index (χ4v) is 4.42. The largest absolute Gasteiger partial charge is 0.467 e. The number of fused-ring (bicyclic) bond motifs is 1. The van der Waals surface area contributed by atoms with Crippen molar-refractivity contribution >= 4 is 22.7 Å². The Kier molecular flexibility index (Phi) is 5.18. The quantitative estimate of drug-likeness (QED) is 0.270. The molecule has 5 aromatic rings. The van der Waals surface area contributed by atoms with E-state index in [0.29, 0.717) is 17.9 Å². The molecule has 0 aliphatic rings. The minimum Gasteiger partial charge on any atom is -0.467 e. The first-order valence-corrected chi connectivity index (χ1v) is 10.8. The van der Waals surface area contributed by atoms with Crippen molar-refractivity contribution in [2.45, 2.75) is 24.4 Å². The third-order valence-corrected chi connectivity index (χ3v) is 6.00. The van der Waals surface area contributed by atoms with Crippen molar-refractivity contribution in [1.82, 2.24) is 14.8 Å². The molecule has 2 aromatic carbocycles. The highest BCUT2D eigenvalue weighted by Gasteiger charge is 2.17. The molecular weight excluding hydrogens is 410 g/mol. The van der Waals surface area contributed by atoms with E-state index in [1.165, 1.54) is 11.8 Å². The number of hydrogen-bond acceptors (Lipinski definition) is 6. The van der Waals surface area contributed by atoms with Gasteiger partial charge in [0, 0.05) is 22.8 Å². The zero-order valence-electron chi connectivity index (χ0n) is 16.8. The average molecular weight is 430 g/mol. The van der Waals surface area contributed by atoms with Crippen LogP contribution in [0.1, 0.15) is 16.9 Å². The van der Waals surface area contributed by atoms with Crippen LogP contribution < -0.4 is 5.63 Å². The van der Waals surface area contributed by atoms with Crippen LogP contribution in [0.15, 0.2) is 91.8 Å². The van der Waals surface area contributed by atoms with Gasteiger partial charge >= 0.3 is 5.63 Å². The Morgan fingerprint density at radius 2 is 1.87 bits per heavy atom. The third kappa shape index (κ3) is 4.04. The summed E-state index contributed by atoms with van der Waals surface area (Å²) in [5.74, 6) is 2.16. The molecule has 3 heterocycles. The van der Waals surface area contributed by atoms with E-state index < -0.39 is 0 Å². The van der Waals surface area contributed by atoms with Crippen LogP contribution in [0.3, 0.4) is 0 Å². The lowest BCUT2D eigenvalue weighted by atomic mass is 10.1. The van der Waals surface area contributed by atoms with Crippen molar-refractivity contribution in [3.8, 4) is 11.4 Å². The molecule has 0 saturated carbocycles. The van der Waals surface area contributed by atoms with Crippen molar-refractivity contribution < 1.29 is 8.83 Å². The molecule has 0 N–H and O–H groups in total. The smallest absolute Gasteiger partial charge is 0.336 e. The van der Waals surface area contributed by atoms with Gasteiger partial charge in [0.1, 0.15) is 11.3 Å². The summed E-state index contributed by atoms with van der Waals surface area (Å²) >= 11 is 1.53. The minimum atomic E-state index is -0.351. The van der Waals surface area contributed by atoms with Crippen LogP contribution in [0.5, 0.6) is 0 Å².